The number of ether oxygens (including phenoxy) is 2. The van der Waals surface area contributed by atoms with E-state index in [9.17, 15) is 24.6 Å². The highest BCUT2D eigenvalue weighted by Crippen LogP contribution is 2.67. The third-order valence-corrected chi connectivity index (χ3v) is 15.0. The van der Waals surface area contributed by atoms with Crippen molar-refractivity contribution in [3.05, 3.63) is 52.1 Å². The summed E-state index contributed by atoms with van der Waals surface area (Å²) in [5.41, 5.74) is 2.70. The van der Waals surface area contributed by atoms with Crippen LogP contribution in [-0.2, 0) is 30.0 Å². The van der Waals surface area contributed by atoms with Crippen LogP contribution in [0.5, 0.6) is 5.75 Å². The van der Waals surface area contributed by atoms with Crippen molar-refractivity contribution in [1.82, 2.24) is 0 Å². The Balaban J connectivity index is 1.45. The third-order valence-electron chi connectivity index (χ3n) is 15.0. The van der Waals surface area contributed by atoms with Crippen LogP contribution in [-0.4, -0.2) is 34.2 Å². The first-order valence-electron chi connectivity index (χ1n) is 18.8. The summed E-state index contributed by atoms with van der Waals surface area (Å²) in [5.74, 6) is -1.16. The number of hydrogen-bond acceptors (Lipinski definition) is 6. The van der Waals surface area contributed by atoms with Gasteiger partial charge in [-0.2, -0.15) is 0 Å². The zero-order chi connectivity index (χ0) is 35.5. The van der Waals surface area contributed by atoms with Gasteiger partial charge in [0.05, 0.1) is 11.5 Å². The van der Waals surface area contributed by atoms with Gasteiger partial charge in [-0.05, 0) is 128 Å². The number of carbonyl (C=O) groups is 3. The summed E-state index contributed by atoms with van der Waals surface area (Å²) in [7, 11) is 0. The van der Waals surface area contributed by atoms with E-state index in [0.29, 0.717) is 37.9 Å². The molecule has 2 N–H and O–H groups in total. The van der Waals surface area contributed by atoms with Crippen molar-refractivity contribution in [3.63, 3.8) is 0 Å². The fourth-order valence-electron chi connectivity index (χ4n) is 12.8. The number of aliphatic hydroxyl groups excluding tert-OH is 1. The molecule has 7 rings (SSSR count). The summed E-state index contributed by atoms with van der Waals surface area (Å²) in [5, 5.41) is 22.6. The second-order valence-electron chi connectivity index (χ2n) is 18.3. The van der Waals surface area contributed by atoms with E-state index >= 15 is 0 Å². The number of fused-ring (bicyclic) bond motifs is 7. The van der Waals surface area contributed by atoms with Gasteiger partial charge in [0.1, 0.15) is 17.3 Å². The minimum absolute atomic E-state index is 0.0254. The Bertz CT molecular complexity index is 1660. The fourth-order valence-corrected chi connectivity index (χ4v) is 12.8. The minimum Gasteiger partial charge on any atom is -0.481 e. The van der Waals surface area contributed by atoms with Crippen LogP contribution in [0, 0.1) is 34.0 Å². The summed E-state index contributed by atoms with van der Waals surface area (Å²) >= 11 is 0. The van der Waals surface area contributed by atoms with Crippen molar-refractivity contribution in [2.24, 2.45) is 34.0 Å². The molecule has 3 saturated carbocycles. The molecule has 0 radical (unpaired) electrons. The van der Waals surface area contributed by atoms with Gasteiger partial charge in [0.25, 0.3) is 0 Å². The number of rotatable bonds is 4. The van der Waals surface area contributed by atoms with Crippen LogP contribution in [0.25, 0.3) is 0 Å². The first-order chi connectivity index (χ1) is 22.9. The van der Waals surface area contributed by atoms with E-state index < -0.39 is 34.9 Å². The molecule has 7 nitrogen and oxygen atoms in total. The Kier molecular flexibility index (Phi) is 7.95. The zero-order valence-electron chi connectivity index (χ0n) is 30.7. The Hall–Kier alpha value is -2.93. The second kappa shape index (κ2) is 11.3. The van der Waals surface area contributed by atoms with Gasteiger partial charge in [-0.15, -0.1) is 0 Å². The standard InChI is InChI=1S/C42H56O7/c1-23-11-14-32-38(4,5)17-10-19-41(32,36(45)46)27(23)21-28-24(2)29(44)15-20-42(28)35-30(49-37(42)47)13-12-26-34(35)31(48-25(3)43)22-33-39(6,7)16-9-18-40(26,33)8/h12-13,27,29,31-33,44H,1,9-11,14-22H2,2-8H3,(H,45,46)/t27-,29?,31-,32+,33-,40+,41-,42-/m0/s1. The number of carbonyl (C=O) groups excluding carboxylic acids is 2. The number of carboxylic acid groups (broad SMARTS) is 1. The maximum atomic E-state index is 14.7. The lowest BCUT2D eigenvalue weighted by molar-refractivity contribution is -0.170. The normalized spacial score (nSPS) is 39.0. The number of hydrogen-bond donors (Lipinski definition) is 2. The Labute approximate surface area is 291 Å². The molecule has 0 amide bonds. The first kappa shape index (κ1) is 34.5. The van der Waals surface area contributed by atoms with E-state index in [2.05, 4.69) is 47.3 Å². The van der Waals surface area contributed by atoms with Crippen LogP contribution in [0.1, 0.15) is 148 Å². The molecule has 7 heteroatoms. The average molecular weight is 673 g/mol. The van der Waals surface area contributed by atoms with Gasteiger partial charge in [0.2, 0.25) is 0 Å². The van der Waals surface area contributed by atoms with Crippen molar-refractivity contribution >= 4 is 17.9 Å². The van der Waals surface area contributed by atoms with E-state index in [4.69, 9.17) is 9.47 Å². The lowest BCUT2D eigenvalue weighted by Gasteiger charge is -2.57. The highest BCUT2D eigenvalue weighted by molar-refractivity contribution is 5.96. The SMILES string of the molecule is C=C1CC[C@@H]2C(C)(C)CCC[C@]2(C(=O)O)[C@H]1CC1=C(C)C(O)CC[C@]12C(=O)Oc1ccc3c(c12)[C@@H](OC(C)=O)C[C@H]1C(C)(C)CCC[C@]31C. The Morgan fingerprint density at radius 1 is 0.980 bits per heavy atom. The molecule has 1 unspecified atom stereocenters. The molecule has 0 saturated heterocycles. The molecule has 1 spiro atoms. The van der Waals surface area contributed by atoms with Crippen LogP contribution in [0.4, 0.5) is 0 Å². The molecule has 49 heavy (non-hydrogen) atoms. The van der Waals surface area contributed by atoms with E-state index in [1.165, 1.54) is 6.92 Å². The number of benzene rings is 1. The van der Waals surface area contributed by atoms with Crippen LogP contribution in [0.3, 0.4) is 0 Å². The zero-order valence-corrected chi connectivity index (χ0v) is 30.7. The van der Waals surface area contributed by atoms with Crippen LogP contribution in [0.15, 0.2) is 35.4 Å². The molecular weight excluding hydrogens is 616 g/mol. The molecule has 1 aromatic carbocycles. The van der Waals surface area contributed by atoms with Crippen molar-refractivity contribution in [2.45, 2.75) is 149 Å². The van der Waals surface area contributed by atoms with E-state index in [1.54, 1.807) is 0 Å². The van der Waals surface area contributed by atoms with Gasteiger partial charge in [-0.3, -0.25) is 14.4 Å². The average Bonchev–Trinajstić information content (AvgIpc) is 3.29. The summed E-state index contributed by atoms with van der Waals surface area (Å²) in [6.07, 6.45) is 7.52. The maximum absolute atomic E-state index is 14.7. The third kappa shape index (κ3) is 4.72. The Morgan fingerprint density at radius 3 is 2.33 bits per heavy atom. The quantitative estimate of drug-likeness (QED) is 0.187. The maximum Gasteiger partial charge on any atom is 0.326 e. The van der Waals surface area contributed by atoms with E-state index in [0.717, 1.165) is 78.4 Å². The molecule has 1 heterocycles. The molecule has 1 aliphatic heterocycles. The lowest BCUT2D eigenvalue weighted by atomic mass is 9.45. The van der Waals surface area contributed by atoms with Crippen LogP contribution < -0.4 is 4.74 Å². The number of esters is 2. The molecule has 266 valence electrons. The van der Waals surface area contributed by atoms with Gasteiger partial charge in [-0.1, -0.05) is 65.7 Å². The summed E-state index contributed by atoms with van der Waals surface area (Å²) < 4.78 is 12.5. The molecule has 0 aromatic heterocycles. The Morgan fingerprint density at radius 2 is 1.65 bits per heavy atom. The number of carboxylic acids is 1. The van der Waals surface area contributed by atoms with Gasteiger partial charge < -0.3 is 19.7 Å². The van der Waals surface area contributed by atoms with Crippen LogP contribution in [0.2, 0.25) is 0 Å². The molecule has 5 aliphatic carbocycles. The second-order valence-corrected chi connectivity index (χ2v) is 18.3. The van der Waals surface area contributed by atoms with Crippen molar-refractivity contribution in [3.8, 4) is 5.75 Å². The summed E-state index contributed by atoms with van der Waals surface area (Å²) in [6.45, 7) is 19.3. The largest absolute Gasteiger partial charge is 0.481 e. The van der Waals surface area contributed by atoms with Crippen LogP contribution >= 0.6 is 0 Å². The van der Waals surface area contributed by atoms with Crippen molar-refractivity contribution in [2.75, 3.05) is 0 Å². The predicted molar refractivity (Wildman–Crippen MR) is 187 cm³/mol. The number of allylic oxidation sites excluding steroid dienone is 1. The number of aliphatic carboxylic acids is 1. The molecule has 1 aromatic rings. The van der Waals surface area contributed by atoms with Gasteiger partial charge in [0.15, 0.2) is 0 Å². The minimum atomic E-state index is -1.22. The monoisotopic (exact) mass is 672 g/mol. The smallest absolute Gasteiger partial charge is 0.326 e. The van der Waals surface area contributed by atoms with Crippen molar-refractivity contribution in [1.29, 1.82) is 0 Å². The molecular formula is C42H56O7. The molecule has 0 bridgehead atoms. The molecule has 8 atom stereocenters. The molecule has 3 fully saturated rings. The summed E-state index contributed by atoms with van der Waals surface area (Å²) in [4.78, 5) is 41.1. The highest BCUT2D eigenvalue weighted by Gasteiger charge is 2.64. The number of aliphatic hydroxyl groups is 1. The van der Waals surface area contributed by atoms with E-state index in [1.807, 2.05) is 13.0 Å². The van der Waals surface area contributed by atoms with E-state index in [-0.39, 0.29) is 40.0 Å². The highest BCUT2D eigenvalue weighted by atomic mass is 16.5. The molecule has 6 aliphatic rings. The van der Waals surface area contributed by atoms with Gasteiger partial charge >= 0.3 is 17.9 Å². The topological polar surface area (TPSA) is 110 Å². The van der Waals surface area contributed by atoms with Crippen molar-refractivity contribution < 1.29 is 34.1 Å². The fraction of sp³-hybridized carbons (Fsp3) is 0.690. The predicted octanol–water partition coefficient (Wildman–Crippen LogP) is 8.66. The van der Waals surface area contributed by atoms with Gasteiger partial charge in [-0.25, -0.2) is 0 Å². The van der Waals surface area contributed by atoms with Gasteiger partial charge in [0, 0.05) is 18.1 Å². The lowest BCUT2D eigenvalue weighted by Crippen LogP contribution is -2.56. The summed E-state index contributed by atoms with van der Waals surface area (Å²) in [6, 6.07) is 4.05. The first-order valence-corrected chi connectivity index (χ1v) is 18.8.